The summed E-state index contributed by atoms with van der Waals surface area (Å²) in [7, 11) is 0. The summed E-state index contributed by atoms with van der Waals surface area (Å²) in [5.41, 5.74) is 3.52. The van der Waals surface area contributed by atoms with Crippen molar-refractivity contribution in [2.24, 2.45) is 0 Å². The molecule has 0 saturated heterocycles. The minimum atomic E-state index is -0.841. The highest BCUT2D eigenvalue weighted by Crippen LogP contribution is 2.27. The molecule has 1 aromatic rings. The van der Waals surface area contributed by atoms with Crippen LogP contribution in [-0.2, 0) is 0 Å². The summed E-state index contributed by atoms with van der Waals surface area (Å²) in [6.07, 6.45) is 10.2. The quantitative estimate of drug-likeness (QED) is 0.679. The van der Waals surface area contributed by atoms with Crippen LogP contribution in [0.5, 0.6) is 0 Å². The standard InChI is InChI=1S/C18H25N/c1-4-5-6-15(3)17-11-12-18(19-13-17)16-9-7-14(2)8-10-16/h7,9,11-13,15H,4-6,8,10H2,1-3H3/i11D,12D,15D. The summed E-state index contributed by atoms with van der Waals surface area (Å²) in [4.78, 5) is 4.44. The second-order valence-corrected chi connectivity index (χ2v) is 5.36. The average molecular weight is 258 g/mol. The minimum Gasteiger partial charge on any atom is -0.256 e. The Bertz CT molecular complexity index is 615. The van der Waals surface area contributed by atoms with Crippen LogP contribution in [0, 0.1) is 0 Å². The van der Waals surface area contributed by atoms with E-state index in [-0.39, 0.29) is 12.1 Å². The molecule has 0 aromatic carbocycles. The molecular formula is C18H25N. The first-order chi connectivity index (χ1) is 10.4. The minimum absolute atomic E-state index is 0.158. The normalized spacial score (nSPS) is 20.7. The van der Waals surface area contributed by atoms with Crippen LogP contribution in [0.2, 0.25) is 0 Å². The first kappa shape index (κ1) is 10.4. The van der Waals surface area contributed by atoms with Crippen molar-refractivity contribution in [3.8, 4) is 0 Å². The third kappa shape index (κ3) is 3.79. The third-order valence-electron chi connectivity index (χ3n) is 3.67. The fourth-order valence-electron chi connectivity index (χ4n) is 2.22. The maximum absolute atomic E-state index is 8.48. The van der Waals surface area contributed by atoms with Gasteiger partial charge in [-0.3, -0.25) is 4.98 Å². The topological polar surface area (TPSA) is 12.9 Å². The van der Waals surface area contributed by atoms with Crippen LogP contribution < -0.4 is 0 Å². The summed E-state index contributed by atoms with van der Waals surface area (Å²) in [5.74, 6) is -0.841. The summed E-state index contributed by atoms with van der Waals surface area (Å²) < 4.78 is 25.1. The van der Waals surface area contributed by atoms with Crippen LogP contribution in [-0.4, -0.2) is 4.98 Å². The lowest BCUT2D eigenvalue weighted by Crippen LogP contribution is -1.98. The Balaban J connectivity index is 2.37. The van der Waals surface area contributed by atoms with Gasteiger partial charge in [0, 0.05) is 7.57 Å². The molecule has 19 heavy (non-hydrogen) atoms. The zero-order chi connectivity index (χ0) is 16.3. The van der Waals surface area contributed by atoms with E-state index in [9.17, 15) is 0 Å². The smallest absolute Gasteiger partial charge is 0.0661 e. The number of hydrogen-bond acceptors (Lipinski definition) is 1. The molecule has 102 valence electrons. The molecule has 1 aliphatic rings. The van der Waals surface area contributed by atoms with E-state index in [2.05, 4.69) is 24.9 Å². The second kappa shape index (κ2) is 6.70. The molecule has 1 aliphatic carbocycles. The van der Waals surface area contributed by atoms with Crippen LogP contribution in [0.25, 0.3) is 5.57 Å². The molecule has 0 bridgehead atoms. The zero-order valence-corrected chi connectivity index (χ0v) is 12.2. The van der Waals surface area contributed by atoms with Gasteiger partial charge in [0.2, 0.25) is 0 Å². The van der Waals surface area contributed by atoms with E-state index in [0.717, 1.165) is 31.3 Å². The number of aromatic nitrogens is 1. The first-order valence-electron chi connectivity index (χ1n) is 8.70. The zero-order valence-electron chi connectivity index (χ0n) is 15.2. The van der Waals surface area contributed by atoms with Crippen molar-refractivity contribution < 1.29 is 4.11 Å². The number of allylic oxidation sites excluding steroid dienone is 4. The molecule has 1 aromatic heterocycles. The lowest BCUT2D eigenvalue weighted by Gasteiger charge is -2.14. The van der Waals surface area contributed by atoms with Gasteiger partial charge < -0.3 is 0 Å². The predicted molar refractivity (Wildman–Crippen MR) is 83.1 cm³/mol. The molecule has 0 spiro atoms. The summed E-state index contributed by atoms with van der Waals surface area (Å²) in [6, 6.07) is 0.317. The van der Waals surface area contributed by atoms with Crippen LogP contribution >= 0.6 is 0 Å². The highest BCUT2D eigenvalue weighted by atomic mass is 14.7. The lowest BCUT2D eigenvalue weighted by atomic mass is 9.94. The van der Waals surface area contributed by atoms with Gasteiger partial charge in [0.05, 0.1) is 8.44 Å². The van der Waals surface area contributed by atoms with Gasteiger partial charge in [-0.25, -0.2) is 0 Å². The van der Waals surface area contributed by atoms with E-state index in [1.807, 2.05) is 13.0 Å². The Morgan fingerprint density at radius 1 is 1.37 bits per heavy atom. The van der Waals surface area contributed by atoms with E-state index in [4.69, 9.17) is 4.11 Å². The van der Waals surface area contributed by atoms with Gasteiger partial charge in [-0.2, -0.15) is 0 Å². The van der Waals surface area contributed by atoms with Crippen molar-refractivity contribution in [1.29, 1.82) is 0 Å². The van der Waals surface area contributed by atoms with E-state index in [0.29, 0.717) is 17.7 Å². The van der Waals surface area contributed by atoms with Gasteiger partial charge in [-0.1, -0.05) is 50.5 Å². The number of rotatable bonds is 5. The van der Waals surface area contributed by atoms with E-state index >= 15 is 0 Å². The van der Waals surface area contributed by atoms with Gasteiger partial charge >= 0.3 is 0 Å². The molecule has 0 radical (unpaired) electrons. The maximum atomic E-state index is 8.48. The predicted octanol–water partition coefficient (Wildman–Crippen LogP) is 5.50. The fourth-order valence-corrected chi connectivity index (χ4v) is 2.22. The van der Waals surface area contributed by atoms with Gasteiger partial charge in [-0.05, 0) is 49.3 Å². The van der Waals surface area contributed by atoms with Crippen LogP contribution in [0.3, 0.4) is 0 Å². The van der Waals surface area contributed by atoms with Crippen LogP contribution in [0.15, 0.2) is 36.0 Å². The van der Waals surface area contributed by atoms with Gasteiger partial charge in [0.1, 0.15) is 0 Å². The van der Waals surface area contributed by atoms with Crippen LogP contribution in [0.4, 0.5) is 0 Å². The molecule has 1 heteroatoms. The SMILES string of the molecule is [2H]c1c(C([2H])(C)CCCC)cnc(C2=CC=C(C)CC2)c1[2H]. The van der Waals surface area contributed by atoms with Crippen LogP contribution in [0.1, 0.15) is 74.1 Å². The fraction of sp³-hybridized carbons (Fsp3) is 0.500. The first-order valence-corrected chi connectivity index (χ1v) is 7.20. The molecule has 0 N–H and O–H groups in total. The lowest BCUT2D eigenvalue weighted by molar-refractivity contribution is 0.622. The van der Waals surface area contributed by atoms with Gasteiger partial charge in [-0.15, -0.1) is 0 Å². The average Bonchev–Trinajstić information content (AvgIpc) is 2.49. The Labute approximate surface area is 121 Å². The second-order valence-electron chi connectivity index (χ2n) is 5.36. The van der Waals surface area contributed by atoms with Gasteiger partial charge in [0.25, 0.3) is 0 Å². The third-order valence-corrected chi connectivity index (χ3v) is 3.67. The van der Waals surface area contributed by atoms with Crippen molar-refractivity contribution >= 4 is 5.57 Å². The van der Waals surface area contributed by atoms with Gasteiger partial charge in [0.15, 0.2) is 0 Å². The molecule has 0 saturated carbocycles. The monoisotopic (exact) mass is 258 g/mol. The number of pyridine rings is 1. The summed E-state index contributed by atoms with van der Waals surface area (Å²) >= 11 is 0. The highest BCUT2D eigenvalue weighted by molar-refractivity contribution is 5.66. The molecule has 1 heterocycles. The van der Waals surface area contributed by atoms with Crippen molar-refractivity contribution in [3.63, 3.8) is 0 Å². The number of unbranched alkanes of at least 4 members (excludes halogenated alkanes) is 1. The van der Waals surface area contributed by atoms with Crippen molar-refractivity contribution in [2.45, 2.75) is 58.8 Å². The Kier molecular flexibility index (Phi) is 3.67. The molecular weight excluding hydrogens is 230 g/mol. The molecule has 1 unspecified atom stereocenters. The molecule has 0 amide bonds. The molecule has 1 nitrogen and oxygen atoms in total. The van der Waals surface area contributed by atoms with E-state index in [1.165, 1.54) is 5.57 Å². The highest BCUT2D eigenvalue weighted by Gasteiger charge is 2.09. The Morgan fingerprint density at radius 3 is 2.89 bits per heavy atom. The van der Waals surface area contributed by atoms with Crippen molar-refractivity contribution in [3.05, 3.63) is 47.3 Å². The molecule has 2 rings (SSSR count). The number of hydrogen-bond donors (Lipinski definition) is 0. The Morgan fingerprint density at radius 2 is 2.21 bits per heavy atom. The largest absolute Gasteiger partial charge is 0.256 e. The van der Waals surface area contributed by atoms with Crippen molar-refractivity contribution in [1.82, 2.24) is 4.98 Å². The van der Waals surface area contributed by atoms with E-state index in [1.54, 1.807) is 6.20 Å². The summed E-state index contributed by atoms with van der Waals surface area (Å²) in [5, 5.41) is 0. The number of nitrogens with zero attached hydrogens (tertiary/aromatic N) is 1. The van der Waals surface area contributed by atoms with Crippen molar-refractivity contribution in [2.75, 3.05) is 0 Å². The van der Waals surface area contributed by atoms with E-state index < -0.39 is 5.89 Å². The molecule has 0 aliphatic heterocycles. The molecule has 1 atom stereocenters. The summed E-state index contributed by atoms with van der Waals surface area (Å²) in [6.45, 7) is 6.02. The molecule has 0 fully saturated rings. The Hall–Kier alpha value is -1.37. The maximum Gasteiger partial charge on any atom is 0.0661 e.